The van der Waals surface area contributed by atoms with E-state index in [1.807, 2.05) is 27.7 Å². The lowest BCUT2D eigenvalue weighted by molar-refractivity contribution is -0.135. The van der Waals surface area contributed by atoms with Gasteiger partial charge in [-0.15, -0.1) is 0 Å². The summed E-state index contributed by atoms with van der Waals surface area (Å²) in [5, 5.41) is 5.41. The Balaban J connectivity index is 2.57. The summed E-state index contributed by atoms with van der Waals surface area (Å²) in [7, 11) is 0. The first-order valence-electron chi connectivity index (χ1n) is 10.6. The third-order valence-electron chi connectivity index (χ3n) is 4.15. The van der Waals surface area contributed by atoms with Gasteiger partial charge in [0.1, 0.15) is 0 Å². The smallest absolute Gasteiger partial charge is 0.274 e. The van der Waals surface area contributed by atoms with Crippen LogP contribution in [0.5, 0.6) is 0 Å². The molecular formula is C22H34N4O6. The Morgan fingerprint density at radius 2 is 1.09 bits per heavy atom. The normalized spacial score (nSPS) is 12.8. The molecular weight excluding hydrogens is 416 g/mol. The van der Waals surface area contributed by atoms with Crippen LogP contribution in [0.2, 0.25) is 0 Å². The summed E-state index contributed by atoms with van der Waals surface area (Å²) >= 11 is 0. The van der Waals surface area contributed by atoms with E-state index in [1.165, 1.54) is 38.1 Å². The summed E-state index contributed by atoms with van der Waals surface area (Å²) in [6.07, 6.45) is -1.78. The maximum absolute atomic E-state index is 12.3. The van der Waals surface area contributed by atoms with Gasteiger partial charge in [0.25, 0.3) is 23.6 Å². The molecule has 2 atom stereocenters. The van der Waals surface area contributed by atoms with Crippen LogP contribution < -0.4 is 21.6 Å². The van der Waals surface area contributed by atoms with Gasteiger partial charge >= 0.3 is 0 Å². The first-order valence-corrected chi connectivity index (χ1v) is 10.6. The van der Waals surface area contributed by atoms with Crippen LogP contribution in [0.4, 0.5) is 0 Å². The van der Waals surface area contributed by atoms with Crippen molar-refractivity contribution in [2.45, 2.75) is 53.8 Å². The fourth-order valence-electron chi connectivity index (χ4n) is 2.21. The predicted octanol–water partition coefficient (Wildman–Crippen LogP) is 1.33. The lowest BCUT2D eigenvalue weighted by Gasteiger charge is -2.15. The van der Waals surface area contributed by atoms with Crippen LogP contribution in [0.1, 0.15) is 62.3 Å². The molecule has 4 amide bonds. The van der Waals surface area contributed by atoms with Crippen LogP contribution in [-0.4, -0.2) is 48.9 Å². The van der Waals surface area contributed by atoms with Gasteiger partial charge in [0.05, 0.1) is 0 Å². The van der Waals surface area contributed by atoms with Gasteiger partial charge in [-0.05, 0) is 43.9 Å². The molecule has 1 aromatic carbocycles. The van der Waals surface area contributed by atoms with Gasteiger partial charge < -0.3 is 10.6 Å². The minimum Gasteiger partial charge on any atom is -0.354 e. The zero-order chi connectivity index (χ0) is 24.3. The van der Waals surface area contributed by atoms with Crippen molar-refractivity contribution in [2.24, 2.45) is 11.8 Å². The number of hydrogen-bond donors (Lipinski definition) is 4. The van der Waals surface area contributed by atoms with Gasteiger partial charge in [-0.3, -0.25) is 28.9 Å². The molecule has 1 aromatic rings. The summed E-state index contributed by atoms with van der Waals surface area (Å²) in [5.41, 5.74) is 4.71. The first kappa shape index (κ1) is 27.1. The number of hydroxylamine groups is 2. The Bertz CT molecular complexity index is 735. The Hall–Kier alpha value is -2.98. The Kier molecular flexibility index (Phi) is 11.4. The van der Waals surface area contributed by atoms with E-state index in [0.29, 0.717) is 13.1 Å². The van der Waals surface area contributed by atoms with E-state index in [4.69, 9.17) is 9.68 Å². The number of carbonyl (C=O) groups is 4. The van der Waals surface area contributed by atoms with Crippen LogP contribution in [0.15, 0.2) is 24.3 Å². The molecule has 0 aliphatic rings. The molecule has 0 aromatic heterocycles. The van der Waals surface area contributed by atoms with E-state index in [1.54, 1.807) is 0 Å². The standard InChI is InChI=1S/C22H34N4O6/c1-13(2)11-23-19(27)15(5)31-25-21(29)17-8-7-9-18(10-17)22(30)26-32-16(6)20(28)24-12-14(3)4/h7-10,13-16H,11-12H2,1-6H3,(H,23,27)(H,24,28)(H,25,29)(H,26,30)/t15-,16-/m1/s1. The lowest BCUT2D eigenvalue weighted by Crippen LogP contribution is -2.41. The van der Waals surface area contributed by atoms with Crippen LogP contribution in [-0.2, 0) is 19.3 Å². The molecule has 0 radical (unpaired) electrons. The second kappa shape index (κ2) is 13.4. The number of benzene rings is 1. The predicted molar refractivity (Wildman–Crippen MR) is 118 cm³/mol. The zero-order valence-corrected chi connectivity index (χ0v) is 19.5. The molecule has 0 heterocycles. The monoisotopic (exact) mass is 450 g/mol. The summed E-state index contributed by atoms with van der Waals surface area (Å²) < 4.78 is 0. The van der Waals surface area contributed by atoms with E-state index in [0.717, 1.165) is 0 Å². The number of nitrogens with one attached hydrogen (secondary N) is 4. The molecule has 0 saturated heterocycles. The highest BCUT2D eigenvalue weighted by molar-refractivity contribution is 5.99. The van der Waals surface area contributed by atoms with Crippen molar-refractivity contribution in [3.63, 3.8) is 0 Å². The molecule has 10 heteroatoms. The van der Waals surface area contributed by atoms with Crippen molar-refractivity contribution in [1.82, 2.24) is 21.6 Å². The van der Waals surface area contributed by atoms with Gasteiger partial charge in [-0.25, -0.2) is 11.0 Å². The third-order valence-corrected chi connectivity index (χ3v) is 4.15. The van der Waals surface area contributed by atoms with E-state index in [2.05, 4.69) is 21.6 Å². The largest absolute Gasteiger partial charge is 0.354 e. The number of carbonyl (C=O) groups excluding carboxylic acids is 4. The zero-order valence-electron chi connectivity index (χ0n) is 19.5. The minimum atomic E-state index is -0.888. The molecule has 32 heavy (non-hydrogen) atoms. The average Bonchev–Trinajstić information content (AvgIpc) is 2.76. The Labute approximate surface area is 188 Å². The topological polar surface area (TPSA) is 135 Å². The highest BCUT2D eigenvalue weighted by Gasteiger charge is 2.18. The van der Waals surface area contributed by atoms with Crippen molar-refractivity contribution >= 4 is 23.6 Å². The summed E-state index contributed by atoms with van der Waals surface area (Å²) in [4.78, 5) is 58.7. The average molecular weight is 451 g/mol. The van der Waals surface area contributed by atoms with E-state index in [-0.39, 0.29) is 34.8 Å². The van der Waals surface area contributed by atoms with E-state index < -0.39 is 24.0 Å². The maximum atomic E-state index is 12.3. The summed E-state index contributed by atoms with van der Waals surface area (Å²) in [5.74, 6) is -1.37. The molecule has 1 rings (SSSR count). The number of hydrogen-bond acceptors (Lipinski definition) is 6. The Morgan fingerprint density at radius 1 is 0.719 bits per heavy atom. The van der Waals surface area contributed by atoms with Gasteiger partial charge in [0.15, 0.2) is 12.2 Å². The van der Waals surface area contributed by atoms with Gasteiger partial charge in [0, 0.05) is 24.2 Å². The van der Waals surface area contributed by atoms with Crippen LogP contribution in [0.3, 0.4) is 0 Å². The molecule has 0 bridgehead atoms. The molecule has 0 spiro atoms. The van der Waals surface area contributed by atoms with Crippen molar-refractivity contribution in [2.75, 3.05) is 13.1 Å². The lowest BCUT2D eigenvalue weighted by atomic mass is 10.1. The van der Waals surface area contributed by atoms with Gasteiger partial charge in [-0.1, -0.05) is 33.8 Å². The Morgan fingerprint density at radius 3 is 1.44 bits per heavy atom. The molecule has 0 saturated carbocycles. The quantitative estimate of drug-likeness (QED) is 0.355. The van der Waals surface area contributed by atoms with Crippen molar-refractivity contribution < 1.29 is 28.9 Å². The second-order valence-electron chi connectivity index (χ2n) is 8.24. The number of rotatable bonds is 12. The summed E-state index contributed by atoms with van der Waals surface area (Å²) in [6, 6.07) is 5.83. The maximum Gasteiger partial charge on any atom is 0.274 e. The second-order valence-corrected chi connectivity index (χ2v) is 8.24. The molecule has 4 N–H and O–H groups in total. The third kappa shape index (κ3) is 9.88. The fraction of sp³-hybridized carbons (Fsp3) is 0.545. The highest BCUT2D eigenvalue weighted by Crippen LogP contribution is 2.06. The highest BCUT2D eigenvalue weighted by atomic mass is 16.7. The molecule has 0 aliphatic carbocycles. The molecule has 0 unspecified atom stereocenters. The van der Waals surface area contributed by atoms with Crippen molar-refractivity contribution in [3.8, 4) is 0 Å². The number of amides is 4. The van der Waals surface area contributed by atoms with Gasteiger partial charge in [0.2, 0.25) is 0 Å². The van der Waals surface area contributed by atoms with Gasteiger partial charge in [-0.2, -0.15) is 0 Å². The van der Waals surface area contributed by atoms with Crippen LogP contribution in [0.25, 0.3) is 0 Å². The molecule has 10 nitrogen and oxygen atoms in total. The summed E-state index contributed by atoms with van der Waals surface area (Å²) in [6.45, 7) is 11.9. The molecule has 178 valence electrons. The van der Waals surface area contributed by atoms with Crippen molar-refractivity contribution in [1.29, 1.82) is 0 Å². The van der Waals surface area contributed by atoms with Crippen LogP contribution in [0, 0.1) is 11.8 Å². The van der Waals surface area contributed by atoms with E-state index >= 15 is 0 Å². The van der Waals surface area contributed by atoms with Crippen molar-refractivity contribution in [3.05, 3.63) is 35.4 Å². The van der Waals surface area contributed by atoms with E-state index in [9.17, 15) is 19.2 Å². The SMILES string of the molecule is CC(C)CNC(=O)[C@@H](C)ONC(=O)c1cccc(C(=O)NO[C@H](C)C(=O)NCC(C)C)c1. The van der Waals surface area contributed by atoms with Crippen LogP contribution >= 0.6 is 0 Å². The first-order chi connectivity index (χ1) is 15.0. The molecule has 0 aliphatic heterocycles. The molecule has 0 fully saturated rings. The fourth-order valence-corrected chi connectivity index (χ4v) is 2.21. The minimum absolute atomic E-state index is 0.148.